The zero-order valence-corrected chi connectivity index (χ0v) is 22.7. The Balaban J connectivity index is 2.64. The second-order valence-corrected chi connectivity index (χ2v) is 10.4. The zero-order chi connectivity index (χ0) is 26.1. The summed E-state index contributed by atoms with van der Waals surface area (Å²) in [7, 11) is 1.67. The van der Waals surface area contributed by atoms with Crippen molar-refractivity contribution in [3.63, 3.8) is 0 Å². The van der Waals surface area contributed by atoms with Crippen LogP contribution < -0.4 is 0 Å². The van der Waals surface area contributed by atoms with Crippen LogP contribution in [0.1, 0.15) is 120 Å². The van der Waals surface area contributed by atoms with E-state index < -0.39 is 23.3 Å². The van der Waals surface area contributed by atoms with Gasteiger partial charge in [0, 0.05) is 13.5 Å². The van der Waals surface area contributed by atoms with E-state index in [4.69, 9.17) is 5.11 Å². The van der Waals surface area contributed by atoms with Gasteiger partial charge in [0.25, 0.3) is 0 Å². The minimum atomic E-state index is -1.02. The third-order valence-electron chi connectivity index (χ3n) is 6.14. The number of carboxylic acid groups (broad SMARTS) is 2. The Morgan fingerprint density at radius 1 is 0.971 bits per heavy atom. The van der Waals surface area contributed by atoms with E-state index in [-0.39, 0.29) is 18.5 Å². The van der Waals surface area contributed by atoms with Gasteiger partial charge < -0.3 is 19.9 Å². The molecule has 0 fully saturated rings. The standard InChI is InChI=1S/C27H46N2O5S/c1-4-6-7-8-9-10-11-12-13-14-15-16-18-23(22(30)19-20-24(31)32)35-27-28-21(17-5-2)25(26(33)34)29(27)3/h16,18,22-23,30H,4-15,17,19-20H2,1-3H3,(H,31,32)(H,33,34)/b18-16-. The van der Waals surface area contributed by atoms with Crippen LogP contribution in [0.15, 0.2) is 17.3 Å². The van der Waals surface area contributed by atoms with Gasteiger partial charge in [0.2, 0.25) is 0 Å². The van der Waals surface area contributed by atoms with E-state index in [1.165, 1.54) is 69.5 Å². The Morgan fingerprint density at radius 2 is 1.57 bits per heavy atom. The number of unbranched alkanes of at least 4 members (excludes halogenated alkanes) is 10. The number of carbonyl (C=O) groups is 2. The van der Waals surface area contributed by atoms with Crippen molar-refractivity contribution >= 4 is 23.7 Å². The zero-order valence-electron chi connectivity index (χ0n) is 21.9. The number of nitrogens with zero attached hydrogens (tertiary/aromatic N) is 2. The van der Waals surface area contributed by atoms with Crippen molar-refractivity contribution in [1.82, 2.24) is 9.55 Å². The summed E-state index contributed by atoms with van der Waals surface area (Å²) in [5.74, 6) is -1.97. The van der Waals surface area contributed by atoms with Crippen LogP contribution in [0, 0.1) is 0 Å². The number of hydrogen-bond donors (Lipinski definition) is 3. The smallest absolute Gasteiger partial charge is 0.354 e. The summed E-state index contributed by atoms with van der Waals surface area (Å²) in [6, 6.07) is 0. The van der Waals surface area contributed by atoms with Crippen molar-refractivity contribution in [2.45, 2.75) is 127 Å². The van der Waals surface area contributed by atoms with Crippen LogP contribution in [0.5, 0.6) is 0 Å². The van der Waals surface area contributed by atoms with Gasteiger partial charge in [0.15, 0.2) is 10.9 Å². The molecule has 0 amide bonds. The van der Waals surface area contributed by atoms with E-state index in [2.05, 4.69) is 18.0 Å². The molecule has 1 aromatic rings. The van der Waals surface area contributed by atoms with E-state index >= 15 is 0 Å². The van der Waals surface area contributed by atoms with Crippen LogP contribution in [0.4, 0.5) is 0 Å². The quantitative estimate of drug-likeness (QED) is 0.0967. The molecule has 0 aliphatic heterocycles. The molecule has 3 N–H and O–H groups in total. The fraction of sp³-hybridized carbons (Fsp3) is 0.741. The van der Waals surface area contributed by atoms with Gasteiger partial charge in [-0.25, -0.2) is 9.78 Å². The number of aliphatic carboxylic acids is 1. The van der Waals surface area contributed by atoms with E-state index in [9.17, 15) is 19.8 Å². The number of aromatic nitrogens is 2. The molecule has 1 rings (SSSR count). The molecule has 0 aliphatic rings. The maximum Gasteiger partial charge on any atom is 0.354 e. The van der Waals surface area contributed by atoms with Gasteiger partial charge in [0.05, 0.1) is 17.0 Å². The van der Waals surface area contributed by atoms with Gasteiger partial charge in [0.1, 0.15) is 0 Å². The number of aliphatic hydroxyl groups excluding tert-OH is 1. The van der Waals surface area contributed by atoms with Gasteiger partial charge in [-0.15, -0.1) is 0 Å². The molecular weight excluding hydrogens is 464 g/mol. The molecule has 1 aromatic heterocycles. The fourth-order valence-electron chi connectivity index (χ4n) is 4.10. The highest BCUT2D eigenvalue weighted by atomic mass is 32.2. The first-order chi connectivity index (χ1) is 16.8. The van der Waals surface area contributed by atoms with Crippen LogP contribution in [0.2, 0.25) is 0 Å². The summed E-state index contributed by atoms with van der Waals surface area (Å²) in [5.41, 5.74) is 0.709. The molecule has 7 nitrogen and oxygen atoms in total. The molecule has 0 bridgehead atoms. The van der Waals surface area contributed by atoms with Crippen LogP contribution in [0.3, 0.4) is 0 Å². The first kappa shape index (κ1) is 31.2. The number of allylic oxidation sites excluding steroid dienone is 1. The Labute approximate surface area is 215 Å². The molecule has 0 aliphatic carbocycles. The molecule has 0 spiro atoms. The molecule has 200 valence electrons. The normalized spacial score (nSPS) is 13.4. The average molecular weight is 511 g/mol. The lowest BCUT2D eigenvalue weighted by molar-refractivity contribution is -0.137. The molecule has 0 saturated heterocycles. The number of imidazole rings is 1. The van der Waals surface area contributed by atoms with Crippen LogP contribution in [0.25, 0.3) is 0 Å². The number of carboxylic acids is 2. The van der Waals surface area contributed by atoms with E-state index in [0.29, 0.717) is 17.3 Å². The highest BCUT2D eigenvalue weighted by Crippen LogP contribution is 2.30. The number of aryl methyl sites for hydroxylation is 1. The summed E-state index contributed by atoms with van der Waals surface area (Å²) in [6.45, 7) is 4.21. The molecule has 1 heterocycles. The molecule has 2 unspecified atom stereocenters. The number of thioether (sulfide) groups is 1. The molecule has 35 heavy (non-hydrogen) atoms. The summed E-state index contributed by atoms with van der Waals surface area (Å²) >= 11 is 1.30. The third kappa shape index (κ3) is 12.6. The molecule has 0 radical (unpaired) electrons. The van der Waals surface area contributed by atoms with Crippen LogP contribution >= 0.6 is 11.8 Å². The number of hydrogen-bond acceptors (Lipinski definition) is 5. The monoisotopic (exact) mass is 510 g/mol. The Kier molecular flexibility index (Phi) is 16.5. The lowest BCUT2D eigenvalue weighted by atomic mass is 10.1. The maximum absolute atomic E-state index is 11.7. The van der Waals surface area contributed by atoms with Crippen LogP contribution in [-0.2, 0) is 18.3 Å². The Bertz CT molecular complexity index is 778. The summed E-state index contributed by atoms with van der Waals surface area (Å²) in [4.78, 5) is 27.2. The fourth-order valence-corrected chi connectivity index (χ4v) is 5.24. The van der Waals surface area contributed by atoms with Gasteiger partial charge in [-0.2, -0.15) is 0 Å². The van der Waals surface area contributed by atoms with Gasteiger partial charge in [-0.05, 0) is 25.7 Å². The van der Waals surface area contributed by atoms with E-state index in [0.717, 1.165) is 19.3 Å². The first-order valence-corrected chi connectivity index (χ1v) is 14.2. The van der Waals surface area contributed by atoms with Crippen molar-refractivity contribution in [3.05, 3.63) is 23.5 Å². The van der Waals surface area contributed by atoms with Gasteiger partial charge in [-0.1, -0.05) is 102 Å². The lowest BCUT2D eigenvalue weighted by Gasteiger charge is -2.18. The lowest BCUT2D eigenvalue weighted by Crippen LogP contribution is -2.23. The number of aromatic carboxylic acids is 1. The molecule has 2 atom stereocenters. The summed E-state index contributed by atoms with van der Waals surface area (Å²) in [5, 5.41) is 29.4. The maximum atomic E-state index is 11.7. The second kappa shape index (κ2) is 18.5. The SMILES string of the molecule is CCCCCCCCCCCC/C=C\C(Sc1nc(CCC)c(C(=O)O)n1C)C(O)CCC(=O)O. The first-order valence-electron chi connectivity index (χ1n) is 13.3. The number of aliphatic hydroxyl groups is 1. The van der Waals surface area contributed by atoms with Gasteiger partial charge in [-0.3, -0.25) is 4.79 Å². The minimum absolute atomic E-state index is 0.119. The highest BCUT2D eigenvalue weighted by molar-refractivity contribution is 8.00. The summed E-state index contributed by atoms with van der Waals surface area (Å²) in [6.07, 6.45) is 18.2. The average Bonchev–Trinajstić information content (AvgIpc) is 3.12. The van der Waals surface area contributed by atoms with Crippen molar-refractivity contribution < 1.29 is 24.9 Å². The van der Waals surface area contributed by atoms with Crippen LogP contribution in [-0.4, -0.2) is 48.2 Å². The van der Waals surface area contributed by atoms with Crippen molar-refractivity contribution in [2.24, 2.45) is 7.05 Å². The van der Waals surface area contributed by atoms with Crippen molar-refractivity contribution in [3.8, 4) is 0 Å². The van der Waals surface area contributed by atoms with Crippen molar-refractivity contribution in [1.29, 1.82) is 0 Å². The summed E-state index contributed by atoms with van der Waals surface area (Å²) < 4.78 is 1.56. The molecular formula is C27H46N2O5S. The van der Waals surface area contributed by atoms with E-state index in [1.54, 1.807) is 11.6 Å². The third-order valence-corrected chi connectivity index (χ3v) is 7.46. The topological polar surface area (TPSA) is 113 Å². The predicted molar refractivity (Wildman–Crippen MR) is 142 cm³/mol. The molecule has 0 aromatic carbocycles. The largest absolute Gasteiger partial charge is 0.481 e. The second-order valence-electron chi connectivity index (χ2n) is 9.28. The minimum Gasteiger partial charge on any atom is -0.481 e. The van der Waals surface area contributed by atoms with E-state index in [1.807, 2.05) is 13.0 Å². The van der Waals surface area contributed by atoms with Gasteiger partial charge >= 0.3 is 11.9 Å². The Hall–Kier alpha value is -1.80. The molecule has 8 heteroatoms. The molecule has 0 saturated carbocycles. The Morgan fingerprint density at radius 3 is 2.11 bits per heavy atom. The highest BCUT2D eigenvalue weighted by Gasteiger charge is 2.25. The number of rotatable bonds is 21. The van der Waals surface area contributed by atoms with Crippen molar-refractivity contribution in [2.75, 3.05) is 0 Å². The predicted octanol–water partition coefficient (Wildman–Crippen LogP) is 6.62.